The maximum Gasteiger partial charge on any atom is 0.263 e. The lowest BCUT2D eigenvalue weighted by molar-refractivity contribution is 0.0651. The standard InChI is InChI=1S/C18H21N5O2S/c1-2-9-21-16(25)14-5-3-4-6-15(14)23-17(21)19-22(18(23)26)12-20-10-7-13(24)8-11-20/h2-6,13,24H,1,7-12H2. The number of likely N-dealkylation sites (tertiary alicyclic amines) is 1. The number of piperidine rings is 1. The van der Waals surface area contributed by atoms with Crippen LogP contribution in [0, 0.1) is 4.77 Å². The highest BCUT2D eigenvalue weighted by molar-refractivity contribution is 7.71. The highest BCUT2D eigenvalue weighted by Gasteiger charge is 2.20. The molecule has 1 fully saturated rings. The van der Waals surface area contributed by atoms with E-state index in [1.807, 2.05) is 28.7 Å². The number of fused-ring (bicyclic) bond motifs is 3. The fourth-order valence-corrected chi connectivity index (χ4v) is 3.78. The van der Waals surface area contributed by atoms with Gasteiger partial charge in [-0.25, -0.2) is 4.68 Å². The number of allylic oxidation sites excluding steroid dienone is 1. The zero-order chi connectivity index (χ0) is 18.3. The highest BCUT2D eigenvalue weighted by atomic mass is 32.1. The Morgan fingerprint density at radius 2 is 2.04 bits per heavy atom. The van der Waals surface area contributed by atoms with Crippen LogP contribution in [0.3, 0.4) is 0 Å². The molecule has 136 valence electrons. The lowest BCUT2D eigenvalue weighted by atomic mass is 10.1. The third-order valence-corrected chi connectivity index (χ3v) is 5.28. The molecule has 3 aromatic rings. The van der Waals surface area contributed by atoms with Crippen molar-refractivity contribution < 1.29 is 5.11 Å². The minimum Gasteiger partial charge on any atom is -0.393 e. The molecule has 3 heterocycles. The number of benzene rings is 1. The third-order valence-electron chi connectivity index (χ3n) is 4.89. The average Bonchev–Trinajstić information content (AvgIpc) is 2.97. The van der Waals surface area contributed by atoms with Gasteiger partial charge in [-0.2, -0.15) is 0 Å². The molecule has 1 aliphatic rings. The molecule has 0 amide bonds. The van der Waals surface area contributed by atoms with Crippen LogP contribution in [0.4, 0.5) is 0 Å². The molecule has 0 unspecified atom stereocenters. The number of aliphatic hydroxyl groups is 1. The van der Waals surface area contributed by atoms with Crippen molar-refractivity contribution in [1.82, 2.24) is 23.6 Å². The molecule has 0 bridgehead atoms. The first-order valence-electron chi connectivity index (χ1n) is 8.72. The first kappa shape index (κ1) is 17.1. The normalized spacial score (nSPS) is 16.5. The second-order valence-electron chi connectivity index (χ2n) is 6.63. The summed E-state index contributed by atoms with van der Waals surface area (Å²) in [5.41, 5.74) is 0.666. The predicted molar refractivity (Wildman–Crippen MR) is 103 cm³/mol. The van der Waals surface area contributed by atoms with E-state index in [4.69, 9.17) is 12.2 Å². The monoisotopic (exact) mass is 371 g/mol. The first-order chi connectivity index (χ1) is 12.6. The zero-order valence-electron chi connectivity index (χ0n) is 14.4. The lowest BCUT2D eigenvalue weighted by Crippen LogP contribution is -2.37. The van der Waals surface area contributed by atoms with Gasteiger partial charge in [0.05, 0.1) is 23.7 Å². The van der Waals surface area contributed by atoms with E-state index >= 15 is 0 Å². The van der Waals surface area contributed by atoms with Crippen molar-refractivity contribution >= 4 is 28.9 Å². The van der Waals surface area contributed by atoms with Crippen LogP contribution in [0.5, 0.6) is 0 Å². The maximum atomic E-state index is 12.9. The van der Waals surface area contributed by atoms with Crippen LogP contribution in [-0.2, 0) is 13.2 Å². The summed E-state index contributed by atoms with van der Waals surface area (Å²) in [4.78, 5) is 15.1. The second-order valence-corrected chi connectivity index (χ2v) is 6.99. The van der Waals surface area contributed by atoms with Crippen molar-refractivity contribution in [3.63, 3.8) is 0 Å². The van der Waals surface area contributed by atoms with Crippen molar-refractivity contribution in [3.8, 4) is 0 Å². The van der Waals surface area contributed by atoms with Crippen LogP contribution in [0.2, 0.25) is 0 Å². The highest BCUT2D eigenvalue weighted by Crippen LogP contribution is 2.16. The van der Waals surface area contributed by atoms with E-state index in [0.717, 1.165) is 31.4 Å². The third kappa shape index (κ3) is 2.80. The molecule has 7 nitrogen and oxygen atoms in total. The molecule has 1 aromatic carbocycles. The van der Waals surface area contributed by atoms with Crippen LogP contribution in [0.1, 0.15) is 12.8 Å². The summed E-state index contributed by atoms with van der Waals surface area (Å²) >= 11 is 5.68. The Hall–Kier alpha value is -2.29. The van der Waals surface area contributed by atoms with Crippen LogP contribution in [0.25, 0.3) is 16.7 Å². The van der Waals surface area contributed by atoms with Gasteiger partial charge in [-0.15, -0.1) is 11.7 Å². The van der Waals surface area contributed by atoms with Crippen molar-refractivity contribution in [1.29, 1.82) is 0 Å². The van der Waals surface area contributed by atoms with E-state index in [0.29, 0.717) is 29.1 Å². The van der Waals surface area contributed by atoms with Gasteiger partial charge in [0.25, 0.3) is 5.56 Å². The molecule has 1 N–H and O–H groups in total. The van der Waals surface area contributed by atoms with Gasteiger partial charge >= 0.3 is 0 Å². The Morgan fingerprint density at radius 3 is 2.77 bits per heavy atom. The fourth-order valence-electron chi connectivity index (χ4n) is 3.50. The van der Waals surface area contributed by atoms with E-state index in [1.54, 1.807) is 15.3 Å². The lowest BCUT2D eigenvalue weighted by Gasteiger charge is -2.28. The van der Waals surface area contributed by atoms with E-state index < -0.39 is 0 Å². The molecule has 2 aromatic heterocycles. The Labute approximate surface area is 155 Å². The van der Waals surface area contributed by atoms with Gasteiger partial charge in [-0.3, -0.25) is 18.7 Å². The SMILES string of the molecule is C=CCn1c(=O)c2ccccc2n2c(=S)n(CN3CCC(O)CC3)nc12. The number of hydrogen-bond acceptors (Lipinski definition) is 5. The molecule has 1 aliphatic heterocycles. The molecule has 0 radical (unpaired) electrons. The predicted octanol–water partition coefficient (Wildman–Crippen LogP) is 1.78. The molecule has 0 spiro atoms. The Bertz CT molecular complexity index is 1090. The minimum absolute atomic E-state index is 0.0961. The molecule has 8 heteroatoms. The molecule has 4 rings (SSSR count). The van der Waals surface area contributed by atoms with Gasteiger partial charge in [-0.05, 0) is 37.2 Å². The van der Waals surface area contributed by atoms with Gasteiger partial charge < -0.3 is 5.11 Å². The molecule has 0 aliphatic carbocycles. The second kappa shape index (κ2) is 6.79. The summed E-state index contributed by atoms with van der Waals surface area (Å²) in [6.45, 7) is 6.27. The topological polar surface area (TPSA) is 67.7 Å². The smallest absolute Gasteiger partial charge is 0.263 e. The number of rotatable bonds is 4. The number of nitrogens with zero attached hydrogens (tertiary/aromatic N) is 5. The molecule has 0 saturated carbocycles. The molecular formula is C18H21N5O2S. The van der Waals surface area contributed by atoms with Crippen LogP contribution in [0.15, 0.2) is 41.7 Å². The van der Waals surface area contributed by atoms with Crippen molar-refractivity contribution in [2.45, 2.75) is 32.2 Å². The number of hydrogen-bond donors (Lipinski definition) is 1. The number of aromatic nitrogens is 4. The van der Waals surface area contributed by atoms with Gasteiger partial charge in [-0.1, -0.05) is 18.2 Å². The van der Waals surface area contributed by atoms with Gasteiger partial charge in [0.15, 0.2) is 0 Å². The molecule has 1 saturated heterocycles. The van der Waals surface area contributed by atoms with Crippen LogP contribution < -0.4 is 5.56 Å². The molecule has 0 atom stereocenters. The largest absolute Gasteiger partial charge is 0.393 e. The fraction of sp³-hybridized carbons (Fsp3) is 0.389. The van der Waals surface area contributed by atoms with Crippen LogP contribution in [-0.4, -0.2) is 47.9 Å². The summed E-state index contributed by atoms with van der Waals surface area (Å²) in [5.74, 6) is 0.524. The quantitative estimate of drug-likeness (QED) is 0.559. The molecule has 26 heavy (non-hydrogen) atoms. The van der Waals surface area contributed by atoms with E-state index in [2.05, 4.69) is 16.6 Å². The minimum atomic E-state index is -0.220. The van der Waals surface area contributed by atoms with Gasteiger partial charge in [0.1, 0.15) is 0 Å². The summed E-state index contributed by atoms with van der Waals surface area (Å²) in [7, 11) is 0. The summed E-state index contributed by atoms with van der Waals surface area (Å²) in [5, 5.41) is 14.9. The van der Waals surface area contributed by atoms with E-state index in [9.17, 15) is 9.90 Å². The summed E-state index contributed by atoms with van der Waals surface area (Å²) in [6.07, 6.45) is 2.97. The molecular weight excluding hydrogens is 350 g/mol. The summed E-state index contributed by atoms with van der Waals surface area (Å²) < 4.78 is 5.77. The van der Waals surface area contributed by atoms with Crippen molar-refractivity contribution in [2.24, 2.45) is 0 Å². The zero-order valence-corrected chi connectivity index (χ0v) is 15.2. The Balaban J connectivity index is 1.89. The summed E-state index contributed by atoms with van der Waals surface area (Å²) in [6, 6.07) is 7.44. The van der Waals surface area contributed by atoms with Crippen molar-refractivity contribution in [2.75, 3.05) is 13.1 Å². The Kier molecular flexibility index (Phi) is 4.47. The van der Waals surface area contributed by atoms with Crippen molar-refractivity contribution in [3.05, 3.63) is 52.0 Å². The van der Waals surface area contributed by atoms with Gasteiger partial charge in [0.2, 0.25) is 10.5 Å². The Morgan fingerprint density at radius 1 is 1.31 bits per heavy atom. The van der Waals surface area contributed by atoms with E-state index in [1.165, 1.54) is 0 Å². The van der Waals surface area contributed by atoms with Crippen LogP contribution >= 0.6 is 12.2 Å². The first-order valence-corrected chi connectivity index (χ1v) is 9.13. The average molecular weight is 371 g/mol. The number of para-hydroxylation sites is 1. The van der Waals surface area contributed by atoms with Gasteiger partial charge in [0, 0.05) is 19.6 Å². The maximum absolute atomic E-state index is 12.9. The number of aliphatic hydroxyl groups excluding tert-OH is 1. The van der Waals surface area contributed by atoms with E-state index in [-0.39, 0.29) is 11.7 Å².